The fourth-order valence-corrected chi connectivity index (χ4v) is 1.32. The first-order valence-electron chi connectivity index (χ1n) is 4.81. The van der Waals surface area contributed by atoms with Crippen LogP contribution in [0.15, 0.2) is 12.3 Å². The van der Waals surface area contributed by atoms with Gasteiger partial charge in [0, 0.05) is 12.2 Å². The highest BCUT2D eigenvalue weighted by atomic mass is 19.4. The third-order valence-corrected chi connectivity index (χ3v) is 2.03. The van der Waals surface area contributed by atoms with E-state index in [4.69, 9.17) is 11.0 Å². The summed E-state index contributed by atoms with van der Waals surface area (Å²) in [4.78, 5) is 3.80. The molecule has 4 nitrogen and oxygen atoms in total. The Balaban J connectivity index is 2.79. The number of aromatic nitrogens is 1. The van der Waals surface area contributed by atoms with Gasteiger partial charge in [-0.05, 0) is 13.0 Å². The van der Waals surface area contributed by atoms with E-state index in [0.717, 1.165) is 0 Å². The molecule has 0 fully saturated rings. The van der Waals surface area contributed by atoms with E-state index in [0.29, 0.717) is 0 Å². The minimum Gasteiger partial charge on any atom is -0.395 e. The van der Waals surface area contributed by atoms with Crippen molar-refractivity contribution in [2.45, 2.75) is 25.6 Å². The molecule has 0 aromatic carbocycles. The smallest absolute Gasteiger partial charge is 0.391 e. The molecule has 1 aromatic rings. The standard InChI is InChI=1S/C10H11F3N4/c1-6(4-10(11,12)13)17-9-8(15)7(5-14)2-3-16-9/h2-3,6H,4,15H2,1H3,(H,16,17). The van der Waals surface area contributed by atoms with Crippen molar-refractivity contribution < 1.29 is 13.2 Å². The number of rotatable bonds is 3. The van der Waals surface area contributed by atoms with Crippen molar-refractivity contribution in [3.63, 3.8) is 0 Å². The third-order valence-electron chi connectivity index (χ3n) is 2.03. The van der Waals surface area contributed by atoms with Crippen molar-refractivity contribution in [2.75, 3.05) is 11.1 Å². The summed E-state index contributed by atoms with van der Waals surface area (Å²) < 4.78 is 36.3. The molecule has 0 aliphatic heterocycles. The number of nitrogens with one attached hydrogen (secondary N) is 1. The molecule has 0 saturated heterocycles. The lowest BCUT2D eigenvalue weighted by molar-refractivity contribution is -0.136. The molecular formula is C10H11F3N4. The Morgan fingerprint density at radius 1 is 1.59 bits per heavy atom. The zero-order valence-electron chi connectivity index (χ0n) is 9.04. The van der Waals surface area contributed by atoms with E-state index in [1.165, 1.54) is 19.2 Å². The van der Waals surface area contributed by atoms with Gasteiger partial charge in [-0.25, -0.2) is 4.98 Å². The molecule has 1 unspecified atom stereocenters. The summed E-state index contributed by atoms with van der Waals surface area (Å²) in [5.74, 6) is 0.0980. The number of halogens is 3. The first-order chi connectivity index (χ1) is 7.83. The van der Waals surface area contributed by atoms with Gasteiger partial charge >= 0.3 is 6.18 Å². The van der Waals surface area contributed by atoms with E-state index < -0.39 is 18.6 Å². The summed E-state index contributed by atoms with van der Waals surface area (Å²) in [6, 6.07) is 2.37. The maximum atomic E-state index is 12.1. The maximum absolute atomic E-state index is 12.1. The molecule has 17 heavy (non-hydrogen) atoms. The molecule has 0 aliphatic rings. The number of nitriles is 1. The van der Waals surface area contributed by atoms with Crippen LogP contribution >= 0.6 is 0 Å². The predicted octanol–water partition coefficient (Wildman–Crippen LogP) is 2.29. The highest BCUT2D eigenvalue weighted by Crippen LogP contribution is 2.25. The Hall–Kier alpha value is -1.97. The number of alkyl halides is 3. The quantitative estimate of drug-likeness (QED) is 0.855. The number of hydrogen-bond acceptors (Lipinski definition) is 4. The molecule has 92 valence electrons. The molecular weight excluding hydrogens is 233 g/mol. The first kappa shape index (κ1) is 13.1. The Bertz CT molecular complexity index is 436. The van der Waals surface area contributed by atoms with Crippen molar-refractivity contribution >= 4 is 11.5 Å². The molecule has 1 heterocycles. The van der Waals surface area contributed by atoms with Crippen molar-refractivity contribution in [2.24, 2.45) is 0 Å². The topological polar surface area (TPSA) is 74.7 Å². The monoisotopic (exact) mass is 244 g/mol. The van der Waals surface area contributed by atoms with Crippen LogP contribution in [0.25, 0.3) is 0 Å². The van der Waals surface area contributed by atoms with E-state index in [1.807, 2.05) is 6.07 Å². The molecule has 0 aliphatic carbocycles. The van der Waals surface area contributed by atoms with Crippen LogP contribution in [-0.4, -0.2) is 17.2 Å². The summed E-state index contributed by atoms with van der Waals surface area (Å²) >= 11 is 0. The van der Waals surface area contributed by atoms with Gasteiger partial charge < -0.3 is 11.1 Å². The van der Waals surface area contributed by atoms with E-state index in [2.05, 4.69) is 10.3 Å². The number of nitrogens with zero attached hydrogens (tertiary/aromatic N) is 2. The average molecular weight is 244 g/mol. The van der Waals surface area contributed by atoms with E-state index in [1.54, 1.807) is 0 Å². The normalized spacial score (nSPS) is 12.9. The van der Waals surface area contributed by atoms with Gasteiger partial charge in [0.1, 0.15) is 6.07 Å². The molecule has 1 rings (SSSR count). The van der Waals surface area contributed by atoms with E-state index >= 15 is 0 Å². The molecule has 7 heteroatoms. The second kappa shape index (κ2) is 4.91. The van der Waals surface area contributed by atoms with Crippen LogP contribution in [-0.2, 0) is 0 Å². The second-order valence-corrected chi connectivity index (χ2v) is 3.60. The highest BCUT2D eigenvalue weighted by molar-refractivity contribution is 5.69. The van der Waals surface area contributed by atoms with Crippen LogP contribution in [0.5, 0.6) is 0 Å². The lowest BCUT2D eigenvalue weighted by Crippen LogP contribution is -2.24. The Morgan fingerprint density at radius 3 is 2.76 bits per heavy atom. The number of pyridine rings is 1. The number of nitrogens with two attached hydrogens (primary N) is 1. The summed E-state index contributed by atoms with van der Waals surface area (Å²) in [6.07, 6.45) is -3.93. The Labute approximate surface area is 96.3 Å². The van der Waals surface area contributed by atoms with Crippen molar-refractivity contribution in [1.82, 2.24) is 4.98 Å². The zero-order chi connectivity index (χ0) is 13.1. The molecule has 0 amide bonds. The second-order valence-electron chi connectivity index (χ2n) is 3.60. The van der Waals surface area contributed by atoms with Crippen LogP contribution in [0.4, 0.5) is 24.7 Å². The Morgan fingerprint density at radius 2 is 2.24 bits per heavy atom. The zero-order valence-corrected chi connectivity index (χ0v) is 9.04. The SMILES string of the molecule is CC(CC(F)(F)F)Nc1nccc(C#N)c1N. The summed E-state index contributed by atoms with van der Waals surface area (Å²) in [6.45, 7) is 1.37. The van der Waals surface area contributed by atoms with Crippen LogP contribution in [0, 0.1) is 11.3 Å². The number of nitrogen functional groups attached to an aromatic ring is 1. The molecule has 3 N–H and O–H groups in total. The van der Waals surface area contributed by atoms with Gasteiger partial charge in [-0.1, -0.05) is 0 Å². The number of hydrogen-bond donors (Lipinski definition) is 2. The Kier molecular flexibility index (Phi) is 3.78. The largest absolute Gasteiger partial charge is 0.395 e. The molecule has 0 radical (unpaired) electrons. The van der Waals surface area contributed by atoms with Gasteiger partial charge in [0.2, 0.25) is 0 Å². The van der Waals surface area contributed by atoms with Crippen molar-refractivity contribution in [1.29, 1.82) is 5.26 Å². The fraction of sp³-hybridized carbons (Fsp3) is 0.400. The van der Waals surface area contributed by atoms with Crippen molar-refractivity contribution in [3.8, 4) is 6.07 Å². The third kappa shape index (κ3) is 3.83. The van der Waals surface area contributed by atoms with Crippen LogP contribution in [0.2, 0.25) is 0 Å². The lowest BCUT2D eigenvalue weighted by atomic mass is 10.2. The minimum absolute atomic E-state index is 0.0593. The lowest BCUT2D eigenvalue weighted by Gasteiger charge is -2.17. The summed E-state index contributed by atoms with van der Waals surface area (Å²) in [7, 11) is 0. The van der Waals surface area contributed by atoms with Gasteiger partial charge in [0.25, 0.3) is 0 Å². The van der Waals surface area contributed by atoms with E-state index in [-0.39, 0.29) is 17.1 Å². The van der Waals surface area contributed by atoms with Gasteiger partial charge in [0.05, 0.1) is 17.7 Å². The van der Waals surface area contributed by atoms with Gasteiger partial charge in [0.15, 0.2) is 5.82 Å². The molecule has 0 spiro atoms. The minimum atomic E-state index is -4.26. The summed E-state index contributed by atoms with van der Waals surface area (Å²) in [5.41, 5.74) is 5.82. The fourth-order valence-electron chi connectivity index (χ4n) is 1.32. The number of anilines is 2. The highest BCUT2D eigenvalue weighted by Gasteiger charge is 2.30. The molecule has 0 saturated carbocycles. The average Bonchev–Trinajstić information content (AvgIpc) is 2.18. The summed E-state index contributed by atoms with van der Waals surface area (Å²) in [5, 5.41) is 11.2. The molecule has 1 atom stereocenters. The van der Waals surface area contributed by atoms with Crippen LogP contribution in [0.1, 0.15) is 18.9 Å². The maximum Gasteiger partial charge on any atom is 0.391 e. The first-order valence-corrected chi connectivity index (χ1v) is 4.81. The van der Waals surface area contributed by atoms with E-state index in [9.17, 15) is 13.2 Å². The molecule has 0 bridgehead atoms. The van der Waals surface area contributed by atoms with Gasteiger partial charge in [-0.2, -0.15) is 18.4 Å². The van der Waals surface area contributed by atoms with Crippen molar-refractivity contribution in [3.05, 3.63) is 17.8 Å². The molecule has 1 aromatic heterocycles. The van der Waals surface area contributed by atoms with Gasteiger partial charge in [-0.15, -0.1) is 0 Å². The van der Waals surface area contributed by atoms with Crippen LogP contribution in [0.3, 0.4) is 0 Å². The van der Waals surface area contributed by atoms with Gasteiger partial charge in [-0.3, -0.25) is 0 Å². The van der Waals surface area contributed by atoms with Crippen LogP contribution < -0.4 is 11.1 Å². The predicted molar refractivity (Wildman–Crippen MR) is 57.1 cm³/mol.